The van der Waals surface area contributed by atoms with E-state index in [9.17, 15) is 9.90 Å². The van der Waals surface area contributed by atoms with E-state index in [1.54, 1.807) is 0 Å². The number of carboxylic acids is 1. The second-order valence-corrected chi connectivity index (χ2v) is 16.0. The zero-order valence-electron chi connectivity index (χ0n) is 24.8. The van der Waals surface area contributed by atoms with Crippen molar-refractivity contribution in [1.29, 1.82) is 0 Å². The number of carboxylic acid groups (broad SMARTS) is 1. The van der Waals surface area contributed by atoms with E-state index in [0.29, 0.717) is 17.7 Å². The van der Waals surface area contributed by atoms with E-state index in [2.05, 4.69) is 71.3 Å². The molecule has 3 fully saturated rings. The smallest absolute Gasteiger partial charge is 0.310 e. The summed E-state index contributed by atoms with van der Waals surface area (Å²) in [5, 5.41) is 18.5. The Labute approximate surface area is 229 Å². The third-order valence-electron chi connectivity index (χ3n) is 13.7. The first kappa shape index (κ1) is 26.2. The van der Waals surface area contributed by atoms with Crippen LogP contribution in [0.2, 0.25) is 0 Å². The quantitative estimate of drug-likeness (QED) is 0.378. The maximum absolute atomic E-state index is 13.0. The lowest BCUT2D eigenvalue weighted by Gasteiger charge is -2.71. The van der Waals surface area contributed by atoms with Crippen molar-refractivity contribution in [1.82, 2.24) is 10.2 Å². The number of carbonyl (C=O) groups is 1. The second kappa shape index (κ2) is 7.57. The summed E-state index contributed by atoms with van der Waals surface area (Å²) in [6.07, 6.45) is 10.9. The fourth-order valence-corrected chi connectivity index (χ4v) is 11.4. The van der Waals surface area contributed by atoms with Gasteiger partial charge in [-0.05, 0) is 103 Å². The molecule has 5 heteroatoms. The van der Waals surface area contributed by atoms with Gasteiger partial charge in [-0.3, -0.25) is 9.89 Å². The number of hydrogen-bond acceptors (Lipinski definition) is 3. The molecule has 0 spiro atoms. The molecule has 38 heavy (non-hydrogen) atoms. The molecule has 3 saturated carbocycles. The monoisotopic (exact) mass is 519 g/mol. The molecule has 208 valence electrons. The van der Waals surface area contributed by atoms with Crippen LogP contribution in [-0.2, 0) is 16.6 Å². The molecular weight excluding hydrogens is 470 g/mol. The first-order chi connectivity index (χ1) is 17.6. The van der Waals surface area contributed by atoms with Crippen LogP contribution in [0.1, 0.15) is 111 Å². The van der Waals surface area contributed by atoms with Crippen molar-refractivity contribution in [2.75, 3.05) is 5.73 Å². The number of aromatic amines is 1. The number of nitrogens with two attached hydrogens (primary N) is 1. The standard InChI is InChI=1S/C33H49N3O2/c1-9-19-16-23-30(6)17-20-25(35-36-26(20)34)29(4,5)22(30)10-11-31(23,7)32(8)13-15-33(27(37)38)14-12-28(2,3)18-21(33)24(19)32/h9,21-23H,1,10-18H2,2-8H3,(H,37,38)(H3,34,35,36). The Balaban J connectivity index is 1.54. The number of hydrogen-bond donors (Lipinski definition) is 3. The molecule has 5 nitrogen and oxygen atoms in total. The van der Waals surface area contributed by atoms with Crippen LogP contribution in [0.25, 0.3) is 0 Å². The molecule has 4 N–H and O–H groups in total. The first-order valence-electron chi connectivity index (χ1n) is 15.0. The number of fused-ring (bicyclic) bond motifs is 8. The van der Waals surface area contributed by atoms with Gasteiger partial charge in [0.2, 0.25) is 0 Å². The van der Waals surface area contributed by atoms with Crippen molar-refractivity contribution in [2.24, 2.45) is 44.8 Å². The molecule has 0 aromatic carbocycles. The Kier molecular flexibility index (Phi) is 5.22. The van der Waals surface area contributed by atoms with Crippen LogP contribution in [0.3, 0.4) is 0 Å². The summed E-state index contributed by atoms with van der Waals surface area (Å²) in [4.78, 5) is 13.0. The van der Waals surface area contributed by atoms with Gasteiger partial charge in [-0.15, -0.1) is 0 Å². The largest absolute Gasteiger partial charge is 0.481 e. The molecule has 1 aromatic rings. The fraction of sp³-hybridized carbons (Fsp3) is 0.758. The highest BCUT2D eigenvalue weighted by Crippen LogP contribution is 2.76. The number of allylic oxidation sites excluding steroid dienone is 3. The second-order valence-electron chi connectivity index (χ2n) is 16.0. The predicted octanol–water partition coefficient (Wildman–Crippen LogP) is 7.45. The van der Waals surface area contributed by atoms with Gasteiger partial charge in [0.15, 0.2) is 0 Å². The van der Waals surface area contributed by atoms with Gasteiger partial charge in [-0.1, -0.05) is 66.7 Å². The zero-order chi connectivity index (χ0) is 27.7. The summed E-state index contributed by atoms with van der Waals surface area (Å²) < 4.78 is 0. The lowest BCUT2D eigenvalue weighted by molar-refractivity contribution is -0.177. The third-order valence-corrected chi connectivity index (χ3v) is 13.7. The summed E-state index contributed by atoms with van der Waals surface area (Å²) >= 11 is 0. The zero-order valence-corrected chi connectivity index (χ0v) is 24.8. The number of H-pyrrole nitrogens is 1. The number of aliphatic carboxylic acids is 1. The summed E-state index contributed by atoms with van der Waals surface area (Å²) in [7, 11) is 0. The number of rotatable bonds is 2. The molecule has 1 aromatic heterocycles. The molecule has 0 radical (unpaired) electrons. The molecule has 7 unspecified atom stereocenters. The molecule has 0 aliphatic heterocycles. The van der Waals surface area contributed by atoms with Crippen molar-refractivity contribution in [3.63, 3.8) is 0 Å². The van der Waals surface area contributed by atoms with E-state index in [0.717, 1.165) is 44.9 Å². The first-order valence-corrected chi connectivity index (χ1v) is 15.0. The molecule has 6 rings (SSSR count). The molecule has 1 heterocycles. The highest BCUT2D eigenvalue weighted by molar-refractivity contribution is 5.77. The molecular formula is C33H49N3O2. The van der Waals surface area contributed by atoms with Gasteiger partial charge in [0.25, 0.3) is 0 Å². The minimum absolute atomic E-state index is 0.0219. The summed E-state index contributed by atoms with van der Waals surface area (Å²) in [5.41, 5.74) is 11.4. The highest BCUT2D eigenvalue weighted by atomic mass is 16.4. The normalized spacial score (nSPS) is 44.7. The van der Waals surface area contributed by atoms with Crippen molar-refractivity contribution in [2.45, 2.75) is 112 Å². The predicted molar refractivity (Wildman–Crippen MR) is 153 cm³/mol. The average Bonchev–Trinajstić information content (AvgIpc) is 3.19. The van der Waals surface area contributed by atoms with Gasteiger partial charge in [-0.2, -0.15) is 5.10 Å². The number of nitrogens with one attached hydrogen (secondary N) is 1. The summed E-state index contributed by atoms with van der Waals surface area (Å²) in [6.45, 7) is 21.5. The molecule has 5 aliphatic rings. The van der Waals surface area contributed by atoms with Crippen molar-refractivity contribution in [3.05, 3.63) is 35.1 Å². The minimum atomic E-state index is -0.629. The van der Waals surface area contributed by atoms with Gasteiger partial charge >= 0.3 is 5.97 Å². The average molecular weight is 520 g/mol. The fourth-order valence-electron chi connectivity index (χ4n) is 11.4. The number of nitrogen functional groups attached to an aromatic ring is 1. The van der Waals surface area contributed by atoms with Crippen LogP contribution in [0, 0.1) is 44.8 Å². The maximum atomic E-state index is 13.0. The highest BCUT2D eigenvalue weighted by Gasteiger charge is 2.70. The molecule has 5 aliphatic carbocycles. The number of anilines is 1. The Morgan fingerprint density at radius 2 is 1.74 bits per heavy atom. The van der Waals surface area contributed by atoms with Gasteiger partial charge in [0.05, 0.1) is 5.41 Å². The van der Waals surface area contributed by atoms with Crippen LogP contribution in [0.4, 0.5) is 5.82 Å². The Morgan fingerprint density at radius 3 is 2.39 bits per heavy atom. The van der Waals surface area contributed by atoms with E-state index in [1.165, 1.54) is 35.2 Å². The topological polar surface area (TPSA) is 92.0 Å². The molecule has 0 saturated heterocycles. The Morgan fingerprint density at radius 1 is 1.05 bits per heavy atom. The van der Waals surface area contributed by atoms with Crippen LogP contribution in [0.5, 0.6) is 0 Å². The minimum Gasteiger partial charge on any atom is -0.481 e. The third kappa shape index (κ3) is 2.94. The van der Waals surface area contributed by atoms with Crippen LogP contribution in [-0.4, -0.2) is 21.3 Å². The molecule has 0 amide bonds. The van der Waals surface area contributed by atoms with E-state index in [1.807, 2.05) is 0 Å². The Bertz CT molecular complexity index is 1250. The van der Waals surface area contributed by atoms with Crippen LogP contribution < -0.4 is 5.73 Å². The number of nitrogens with zero attached hydrogens (tertiary/aromatic N) is 1. The lowest BCUT2D eigenvalue weighted by Crippen LogP contribution is -2.65. The van der Waals surface area contributed by atoms with Gasteiger partial charge in [0, 0.05) is 16.7 Å². The van der Waals surface area contributed by atoms with Gasteiger partial charge < -0.3 is 10.8 Å². The van der Waals surface area contributed by atoms with Crippen molar-refractivity contribution in [3.8, 4) is 0 Å². The van der Waals surface area contributed by atoms with Gasteiger partial charge in [-0.25, -0.2) is 0 Å². The summed E-state index contributed by atoms with van der Waals surface area (Å²) in [6, 6.07) is 0. The van der Waals surface area contributed by atoms with Crippen LogP contribution in [0.15, 0.2) is 23.8 Å². The van der Waals surface area contributed by atoms with Crippen molar-refractivity contribution < 1.29 is 9.90 Å². The lowest BCUT2D eigenvalue weighted by atomic mass is 9.33. The van der Waals surface area contributed by atoms with E-state index in [4.69, 9.17) is 5.73 Å². The summed E-state index contributed by atoms with van der Waals surface area (Å²) in [5.74, 6) is 1.20. The SMILES string of the molecule is C=CC1=C2C3CC(C)(C)CCC3(C(=O)O)CCC2(C)C2(C)CCC3C(C)(C)c4[nH]nc(N)c4CC3(C)C2C1. The van der Waals surface area contributed by atoms with E-state index < -0.39 is 11.4 Å². The van der Waals surface area contributed by atoms with Crippen molar-refractivity contribution >= 4 is 11.8 Å². The number of aromatic nitrogens is 2. The van der Waals surface area contributed by atoms with E-state index in [-0.39, 0.29) is 33.0 Å². The molecule has 0 bridgehead atoms. The Hall–Kier alpha value is -2.04. The molecule has 7 atom stereocenters. The van der Waals surface area contributed by atoms with Gasteiger partial charge in [0.1, 0.15) is 5.82 Å². The van der Waals surface area contributed by atoms with Crippen LogP contribution >= 0.6 is 0 Å². The van der Waals surface area contributed by atoms with E-state index >= 15 is 0 Å². The maximum Gasteiger partial charge on any atom is 0.310 e.